The molecule has 0 aromatic heterocycles. The van der Waals surface area contributed by atoms with Crippen LogP contribution in [0.1, 0.15) is 58.8 Å². The minimum Gasteiger partial charge on any atom is -0.392 e. The maximum Gasteiger partial charge on any atom is 0.190 e. The molecule has 0 aromatic carbocycles. The fraction of sp³-hybridized carbons (Fsp3) is 0.810. The zero-order valence-electron chi connectivity index (χ0n) is 16.0. The third kappa shape index (κ3) is 2.21. The molecular weight excluding hydrogens is 412 g/mol. The van der Waals surface area contributed by atoms with E-state index in [-0.39, 0.29) is 23.0 Å². The molecule has 3 fully saturated rings. The van der Waals surface area contributed by atoms with Crippen LogP contribution >= 0.6 is 15.9 Å². The van der Waals surface area contributed by atoms with E-state index in [1.807, 2.05) is 6.92 Å². The standard InChI is InChI=1S/C21H29BrO5/c1-18-7-5-13(24)9-12(18)3-4-15-14-6-8-20(27,17(26)11-23)19(14,2)10-16(25)21(15,18)22/h9,14-16,23,25,27H,3-8,10-11H2,1-2H3/t14-,15-,16-,18-,19-,20-,21-/m0/s1. The molecule has 0 amide bonds. The number of ketones is 2. The Morgan fingerprint density at radius 1 is 1.22 bits per heavy atom. The molecule has 0 bridgehead atoms. The normalized spacial score (nSPS) is 51.9. The summed E-state index contributed by atoms with van der Waals surface area (Å²) in [6, 6.07) is 0. The van der Waals surface area contributed by atoms with Crippen LogP contribution in [0, 0.1) is 22.7 Å². The molecule has 0 unspecified atom stereocenters. The van der Waals surface area contributed by atoms with Crippen molar-refractivity contribution in [2.75, 3.05) is 6.61 Å². The van der Waals surface area contributed by atoms with E-state index in [2.05, 4.69) is 22.9 Å². The molecule has 6 heteroatoms. The second-order valence-corrected chi connectivity index (χ2v) is 10.9. The predicted molar refractivity (Wildman–Crippen MR) is 103 cm³/mol. The van der Waals surface area contributed by atoms with Gasteiger partial charge in [-0.3, -0.25) is 9.59 Å². The van der Waals surface area contributed by atoms with Gasteiger partial charge >= 0.3 is 0 Å². The van der Waals surface area contributed by atoms with Crippen molar-refractivity contribution in [1.82, 2.24) is 0 Å². The SMILES string of the molecule is C[C@]12CCC(=O)C=C1CC[C@H]1[C@@H]3CC[C@](O)(C(=O)CO)[C@@]3(C)C[C@H](O)[C@@]12Br. The van der Waals surface area contributed by atoms with Gasteiger partial charge in [-0.15, -0.1) is 0 Å². The van der Waals surface area contributed by atoms with Crippen LogP contribution in [0.25, 0.3) is 0 Å². The monoisotopic (exact) mass is 440 g/mol. The van der Waals surface area contributed by atoms with Gasteiger partial charge < -0.3 is 15.3 Å². The first-order valence-corrected chi connectivity index (χ1v) is 10.8. The number of hydrogen-bond acceptors (Lipinski definition) is 5. The third-order valence-corrected chi connectivity index (χ3v) is 10.8. The summed E-state index contributed by atoms with van der Waals surface area (Å²) in [4.78, 5) is 24.4. The van der Waals surface area contributed by atoms with Crippen LogP contribution in [0.2, 0.25) is 0 Å². The van der Waals surface area contributed by atoms with E-state index >= 15 is 0 Å². The van der Waals surface area contributed by atoms with Gasteiger partial charge in [0.1, 0.15) is 12.2 Å². The summed E-state index contributed by atoms with van der Waals surface area (Å²) < 4.78 is -0.567. The van der Waals surface area contributed by atoms with Crippen molar-refractivity contribution >= 4 is 27.5 Å². The van der Waals surface area contributed by atoms with Gasteiger partial charge in [0.2, 0.25) is 0 Å². The average molecular weight is 441 g/mol. The van der Waals surface area contributed by atoms with Crippen LogP contribution in [0.4, 0.5) is 0 Å². The minimum atomic E-state index is -1.58. The van der Waals surface area contributed by atoms with E-state index < -0.39 is 33.8 Å². The second-order valence-electron chi connectivity index (χ2n) is 9.61. The summed E-state index contributed by atoms with van der Waals surface area (Å²) in [7, 11) is 0. The number of fused-ring (bicyclic) bond motifs is 5. The molecule has 3 saturated carbocycles. The number of rotatable bonds is 2. The van der Waals surface area contributed by atoms with Gasteiger partial charge in [-0.2, -0.15) is 0 Å². The van der Waals surface area contributed by atoms with Gasteiger partial charge in [0.25, 0.3) is 0 Å². The molecule has 0 heterocycles. The van der Waals surface area contributed by atoms with Crippen LogP contribution in [0.15, 0.2) is 11.6 Å². The van der Waals surface area contributed by atoms with Gasteiger partial charge in [-0.05, 0) is 56.4 Å². The zero-order valence-corrected chi connectivity index (χ0v) is 17.6. The number of halogens is 1. The smallest absolute Gasteiger partial charge is 0.190 e. The Bertz CT molecular complexity index is 734. The molecule has 0 aliphatic heterocycles. The molecular formula is C21H29BrO5. The number of allylic oxidation sites excluding steroid dienone is 1. The highest BCUT2D eigenvalue weighted by Crippen LogP contribution is 2.71. The number of carbonyl (C=O) groups excluding carboxylic acids is 2. The summed E-state index contributed by atoms with van der Waals surface area (Å²) in [6.45, 7) is 3.38. The molecule has 0 spiro atoms. The van der Waals surface area contributed by atoms with Crippen LogP contribution in [0.3, 0.4) is 0 Å². The molecule has 4 aliphatic rings. The van der Waals surface area contributed by atoms with Gasteiger partial charge in [0.05, 0.1) is 10.4 Å². The van der Waals surface area contributed by atoms with Crippen LogP contribution < -0.4 is 0 Å². The summed E-state index contributed by atoms with van der Waals surface area (Å²) in [6.07, 6.45) is 5.20. The molecule has 7 atom stereocenters. The van der Waals surface area contributed by atoms with E-state index in [0.717, 1.165) is 18.4 Å². The Hall–Kier alpha value is -0.560. The maximum absolute atomic E-state index is 12.4. The fourth-order valence-electron chi connectivity index (χ4n) is 7.16. The van der Waals surface area contributed by atoms with Gasteiger partial charge in [0.15, 0.2) is 11.6 Å². The molecule has 4 rings (SSSR count). The second kappa shape index (κ2) is 5.97. The molecule has 150 valence electrons. The molecule has 0 aromatic rings. The molecule has 0 radical (unpaired) electrons. The summed E-state index contributed by atoms with van der Waals surface area (Å²) in [5.41, 5.74) is -1.53. The van der Waals surface area contributed by atoms with Gasteiger partial charge in [0, 0.05) is 17.3 Å². The van der Waals surface area contributed by atoms with E-state index in [4.69, 9.17) is 0 Å². The van der Waals surface area contributed by atoms with Crippen LogP contribution in [-0.2, 0) is 9.59 Å². The van der Waals surface area contributed by atoms with E-state index in [9.17, 15) is 24.9 Å². The lowest BCUT2D eigenvalue weighted by Gasteiger charge is -2.65. The van der Waals surface area contributed by atoms with Crippen molar-refractivity contribution in [3.63, 3.8) is 0 Å². The Balaban J connectivity index is 1.80. The fourth-order valence-corrected chi connectivity index (χ4v) is 8.33. The summed E-state index contributed by atoms with van der Waals surface area (Å²) in [5.74, 6) is -0.192. The van der Waals surface area contributed by atoms with Crippen molar-refractivity contribution in [2.24, 2.45) is 22.7 Å². The Labute approximate surface area is 168 Å². The molecule has 27 heavy (non-hydrogen) atoms. The first kappa shape index (κ1) is 19.7. The number of hydrogen-bond donors (Lipinski definition) is 3. The Kier molecular flexibility index (Phi) is 4.37. The summed E-state index contributed by atoms with van der Waals surface area (Å²) >= 11 is 3.99. The zero-order chi connectivity index (χ0) is 19.8. The number of carbonyl (C=O) groups is 2. The van der Waals surface area contributed by atoms with Gasteiger partial charge in [-0.1, -0.05) is 35.4 Å². The van der Waals surface area contributed by atoms with Crippen LogP contribution in [-0.4, -0.2) is 49.5 Å². The third-order valence-electron chi connectivity index (χ3n) is 8.80. The van der Waals surface area contributed by atoms with E-state index in [1.165, 1.54) is 0 Å². The molecule has 3 N–H and O–H groups in total. The predicted octanol–water partition coefficient (Wildman–Crippen LogP) is 2.30. The van der Waals surface area contributed by atoms with Crippen molar-refractivity contribution in [1.29, 1.82) is 0 Å². The molecule has 5 nitrogen and oxygen atoms in total. The van der Waals surface area contributed by atoms with Crippen LogP contribution in [0.5, 0.6) is 0 Å². The molecule has 0 saturated heterocycles. The quantitative estimate of drug-likeness (QED) is 0.572. The lowest BCUT2D eigenvalue weighted by Crippen LogP contribution is -2.68. The Morgan fingerprint density at radius 3 is 2.59 bits per heavy atom. The topological polar surface area (TPSA) is 94.8 Å². The number of aliphatic hydroxyl groups is 3. The van der Waals surface area contributed by atoms with Crippen molar-refractivity contribution in [2.45, 2.75) is 74.8 Å². The number of aliphatic hydroxyl groups excluding tert-OH is 2. The Morgan fingerprint density at radius 2 is 1.93 bits per heavy atom. The largest absolute Gasteiger partial charge is 0.392 e. The lowest BCUT2D eigenvalue weighted by molar-refractivity contribution is -0.174. The van der Waals surface area contributed by atoms with Crippen molar-refractivity contribution < 1.29 is 24.9 Å². The maximum atomic E-state index is 12.4. The van der Waals surface area contributed by atoms with Crippen molar-refractivity contribution in [3.05, 3.63) is 11.6 Å². The number of alkyl halides is 1. The first-order chi connectivity index (χ1) is 12.5. The van der Waals surface area contributed by atoms with Crippen molar-refractivity contribution in [3.8, 4) is 0 Å². The van der Waals surface area contributed by atoms with E-state index in [1.54, 1.807) is 6.08 Å². The molecule has 4 aliphatic carbocycles. The summed E-state index contributed by atoms with van der Waals surface area (Å²) in [5, 5.41) is 32.0. The van der Waals surface area contributed by atoms with E-state index in [0.29, 0.717) is 32.1 Å². The highest BCUT2D eigenvalue weighted by molar-refractivity contribution is 9.10. The first-order valence-electron chi connectivity index (χ1n) is 10.0. The highest BCUT2D eigenvalue weighted by atomic mass is 79.9. The number of Topliss-reactive ketones (excluding diaryl/α,β-unsaturated/α-hetero) is 1. The average Bonchev–Trinajstić information content (AvgIpc) is 2.88. The highest BCUT2D eigenvalue weighted by Gasteiger charge is 2.72. The minimum absolute atomic E-state index is 0.0804. The van der Waals surface area contributed by atoms with Gasteiger partial charge in [-0.25, -0.2) is 0 Å². The lowest BCUT2D eigenvalue weighted by atomic mass is 9.45.